The third kappa shape index (κ3) is 6.04. The Labute approximate surface area is 237 Å². The van der Waals surface area contributed by atoms with Gasteiger partial charge in [-0.05, 0) is 13.3 Å². The number of nitrogens with one attached hydrogen (secondary N) is 1. The zero-order chi connectivity index (χ0) is 27.9. The average Bonchev–Trinajstić information content (AvgIpc) is 3.29. The number of carboxylic acid groups (broad SMARTS) is 1. The Hall–Kier alpha value is -2.39. The normalized spacial score (nSPS) is 30.6. The van der Waals surface area contributed by atoms with Gasteiger partial charge in [-0.1, -0.05) is 6.92 Å². The summed E-state index contributed by atoms with van der Waals surface area (Å²) in [6.45, 7) is 5.65. The van der Waals surface area contributed by atoms with Crippen molar-refractivity contribution in [3.8, 4) is 0 Å². The standard InChI is InChI=1S/C24H36N6O7S.ClH/c1-12-19-18(13(2)31)23(35)29(19)20(24(36)37)21(12)38-14-8-15(27-9-14)22(34)28-4-3-6-30(7-5-28,10-16(25)32)11-17(26)33;/h12-15,18-19,27,31H,3-11H2,1-2H3,(H4-,25,26,32,33,36,37);1H/t12-,13-,14+,15+,18-,19-;/m1./s1. The molecule has 0 unspecified atom stereocenters. The van der Waals surface area contributed by atoms with Crippen LogP contribution in [-0.2, 0) is 24.0 Å². The summed E-state index contributed by atoms with van der Waals surface area (Å²) in [5.41, 5.74) is 10.8. The lowest BCUT2D eigenvalue weighted by molar-refractivity contribution is -0.911. The molecule has 0 spiro atoms. The number of hydrogen-bond acceptors (Lipinski definition) is 8. The van der Waals surface area contributed by atoms with E-state index in [1.165, 1.54) is 16.7 Å². The van der Waals surface area contributed by atoms with E-state index >= 15 is 0 Å². The number of nitrogens with two attached hydrogens (primary N) is 2. The number of hydrogen-bond donors (Lipinski definition) is 5. The van der Waals surface area contributed by atoms with E-state index < -0.39 is 35.8 Å². The minimum atomic E-state index is -1.17. The van der Waals surface area contributed by atoms with Gasteiger partial charge in [0.05, 0.1) is 43.7 Å². The summed E-state index contributed by atoms with van der Waals surface area (Å²) in [5, 5.41) is 23.1. The molecule has 7 N–H and O–H groups in total. The van der Waals surface area contributed by atoms with Crippen LogP contribution in [0, 0.1) is 11.8 Å². The van der Waals surface area contributed by atoms with E-state index in [9.17, 15) is 34.2 Å². The van der Waals surface area contributed by atoms with Crippen molar-refractivity contribution >= 4 is 41.4 Å². The van der Waals surface area contributed by atoms with Gasteiger partial charge in [0.1, 0.15) is 5.70 Å². The average molecular weight is 589 g/mol. The molecule has 0 bridgehead atoms. The molecule has 3 fully saturated rings. The van der Waals surface area contributed by atoms with Crippen molar-refractivity contribution < 1.29 is 51.1 Å². The molecule has 4 aliphatic rings. The molecule has 0 saturated carbocycles. The Morgan fingerprint density at radius 1 is 1.15 bits per heavy atom. The molecule has 0 radical (unpaired) electrons. The molecule has 4 amide bonds. The predicted molar refractivity (Wildman–Crippen MR) is 137 cm³/mol. The number of primary amides is 2. The molecule has 4 heterocycles. The van der Waals surface area contributed by atoms with Crippen molar-refractivity contribution in [3.63, 3.8) is 0 Å². The molecule has 0 aromatic rings. The molecule has 4 rings (SSSR count). The fourth-order valence-electron chi connectivity index (χ4n) is 6.47. The van der Waals surface area contributed by atoms with Crippen LogP contribution in [0.2, 0.25) is 0 Å². The van der Waals surface area contributed by atoms with Crippen LogP contribution in [0.25, 0.3) is 0 Å². The summed E-state index contributed by atoms with van der Waals surface area (Å²) in [5.74, 6) is -3.51. The number of carbonyl (C=O) groups is 5. The first-order valence-corrected chi connectivity index (χ1v) is 13.8. The summed E-state index contributed by atoms with van der Waals surface area (Å²) >= 11 is 1.39. The van der Waals surface area contributed by atoms with E-state index in [2.05, 4.69) is 5.32 Å². The van der Waals surface area contributed by atoms with Crippen LogP contribution in [-0.4, -0.2) is 123 Å². The minimum absolute atomic E-state index is 0. The summed E-state index contributed by atoms with van der Waals surface area (Å²) in [7, 11) is 0. The van der Waals surface area contributed by atoms with E-state index in [-0.39, 0.29) is 64.7 Å². The number of halogens is 1. The fraction of sp³-hybridized carbons (Fsp3) is 0.708. The van der Waals surface area contributed by atoms with Crippen molar-refractivity contribution in [1.29, 1.82) is 0 Å². The van der Waals surface area contributed by atoms with Gasteiger partial charge in [0, 0.05) is 35.6 Å². The van der Waals surface area contributed by atoms with Crippen molar-refractivity contribution in [2.75, 3.05) is 45.8 Å². The molecule has 39 heavy (non-hydrogen) atoms. The number of carboxylic acids is 1. The lowest BCUT2D eigenvalue weighted by Crippen LogP contribution is -3.00. The zero-order valence-corrected chi connectivity index (χ0v) is 23.6. The SMILES string of the molecule is C[C@@H](O)[C@H]1C(=O)N2C(C(=O)O)=C(S[C@@H]3CN[C@H](C(=O)N4CCC[N+](CC(N)=O)(CC(N)=O)CC4)C3)[C@H](C)[C@H]12.[Cl-]. The second-order valence-electron chi connectivity index (χ2n) is 10.9. The number of thioether (sulfide) groups is 1. The van der Waals surface area contributed by atoms with Gasteiger partial charge in [-0.3, -0.25) is 19.2 Å². The molecule has 0 aliphatic carbocycles. The third-order valence-corrected chi connectivity index (χ3v) is 9.70. The molecule has 13 nitrogen and oxygen atoms in total. The summed E-state index contributed by atoms with van der Waals surface area (Å²) < 4.78 is 0.138. The number of fused-ring (bicyclic) bond motifs is 1. The van der Waals surface area contributed by atoms with Crippen molar-refractivity contribution in [2.45, 2.75) is 50.1 Å². The van der Waals surface area contributed by atoms with Crippen LogP contribution < -0.4 is 29.2 Å². The highest BCUT2D eigenvalue weighted by Crippen LogP contribution is 2.51. The van der Waals surface area contributed by atoms with E-state index in [0.29, 0.717) is 50.5 Å². The van der Waals surface area contributed by atoms with Gasteiger partial charge in [0.15, 0.2) is 13.1 Å². The first-order chi connectivity index (χ1) is 17.8. The van der Waals surface area contributed by atoms with Gasteiger partial charge < -0.3 is 53.7 Å². The molecule has 0 aromatic carbocycles. The van der Waals surface area contributed by atoms with Gasteiger partial charge >= 0.3 is 5.97 Å². The Kier molecular flexibility index (Phi) is 9.59. The molecular weight excluding hydrogens is 552 g/mol. The molecular formula is C24H37ClN6O7S. The highest BCUT2D eigenvalue weighted by molar-refractivity contribution is 8.03. The van der Waals surface area contributed by atoms with E-state index in [0.717, 1.165) is 0 Å². The fourth-order valence-corrected chi connectivity index (χ4v) is 7.95. The van der Waals surface area contributed by atoms with E-state index in [4.69, 9.17) is 11.5 Å². The number of aliphatic hydroxyl groups excluding tert-OH is 1. The third-order valence-electron chi connectivity index (χ3n) is 8.19. The lowest BCUT2D eigenvalue weighted by Gasteiger charge is -2.46. The number of carbonyl (C=O) groups excluding carboxylic acids is 4. The number of β-lactam (4-membered cyclic amide) rings is 1. The molecule has 6 atom stereocenters. The van der Waals surface area contributed by atoms with Crippen LogP contribution in [0.5, 0.6) is 0 Å². The van der Waals surface area contributed by atoms with Gasteiger partial charge in [-0.2, -0.15) is 0 Å². The van der Waals surface area contributed by atoms with Crippen LogP contribution in [0.1, 0.15) is 26.7 Å². The number of aliphatic hydroxyl groups is 1. The summed E-state index contributed by atoms with van der Waals surface area (Å²) in [4.78, 5) is 65.0. The Morgan fingerprint density at radius 2 is 1.79 bits per heavy atom. The monoisotopic (exact) mass is 588 g/mol. The van der Waals surface area contributed by atoms with E-state index in [1.807, 2.05) is 6.92 Å². The van der Waals surface area contributed by atoms with Crippen LogP contribution in [0.3, 0.4) is 0 Å². The smallest absolute Gasteiger partial charge is 0.353 e. The summed E-state index contributed by atoms with van der Waals surface area (Å²) in [6, 6.07) is -0.826. The Bertz CT molecular complexity index is 1060. The van der Waals surface area contributed by atoms with E-state index in [1.54, 1.807) is 11.8 Å². The van der Waals surface area contributed by atoms with Gasteiger partial charge in [0.25, 0.3) is 11.8 Å². The first kappa shape index (κ1) is 31.1. The highest BCUT2D eigenvalue weighted by atomic mass is 35.5. The maximum Gasteiger partial charge on any atom is 0.353 e. The minimum Gasteiger partial charge on any atom is -1.00 e. The van der Waals surface area contributed by atoms with Gasteiger partial charge in [-0.25, -0.2) is 4.79 Å². The highest BCUT2D eigenvalue weighted by Gasteiger charge is 2.60. The van der Waals surface area contributed by atoms with Gasteiger partial charge in [-0.15, -0.1) is 11.8 Å². The first-order valence-electron chi connectivity index (χ1n) is 12.9. The summed E-state index contributed by atoms with van der Waals surface area (Å²) in [6.07, 6.45) is 0.223. The predicted octanol–water partition coefficient (Wildman–Crippen LogP) is -5.37. The Balaban J connectivity index is 0.00000420. The molecule has 4 aliphatic heterocycles. The number of nitrogens with zero attached hydrogens (tertiary/aromatic N) is 3. The van der Waals surface area contributed by atoms with Crippen LogP contribution in [0.4, 0.5) is 0 Å². The maximum absolute atomic E-state index is 13.4. The topological polar surface area (TPSA) is 196 Å². The Morgan fingerprint density at radius 3 is 2.36 bits per heavy atom. The largest absolute Gasteiger partial charge is 1.00 e. The quantitative estimate of drug-likeness (QED) is 0.129. The second-order valence-corrected chi connectivity index (χ2v) is 12.3. The van der Waals surface area contributed by atoms with Crippen LogP contribution >= 0.6 is 11.8 Å². The molecule has 3 saturated heterocycles. The number of aliphatic carboxylic acids is 1. The number of quaternary nitrogens is 1. The molecule has 218 valence electrons. The molecule has 15 heteroatoms. The lowest BCUT2D eigenvalue weighted by atomic mass is 9.79. The van der Waals surface area contributed by atoms with Crippen molar-refractivity contribution in [2.24, 2.45) is 23.3 Å². The van der Waals surface area contributed by atoms with Crippen LogP contribution in [0.15, 0.2) is 10.6 Å². The molecule has 0 aromatic heterocycles. The zero-order valence-electron chi connectivity index (χ0n) is 22.0. The maximum atomic E-state index is 13.4. The van der Waals surface area contributed by atoms with Gasteiger partial charge in [0.2, 0.25) is 11.8 Å². The van der Waals surface area contributed by atoms with Crippen molar-refractivity contribution in [3.05, 3.63) is 10.6 Å². The van der Waals surface area contributed by atoms with Crippen molar-refractivity contribution in [1.82, 2.24) is 15.1 Å². The number of rotatable bonds is 9. The number of amides is 4. The second kappa shape index (κ2) is 12.0.